The van der Waals surface area contributed by atoms with Crippen LogP contribution in [0, 0.1) is 17.0 Å². The van der Waals surface area contributed by atoms with Crippen LogP contribution in [-0.2, 0) is 6.54 Å². The Labute approximate surface area is 116 Å². The summed E-state index contributed by atoms with van der Waals surface area (Å²) < 4.78 is 5.15. The van der Waals surface area contributed by atoms with Crippen LogP contribution in [0.1, 0.15) is 11.1 Å². The third-order valence-corrected chi connectivity index (χ3v) is 2.89. The van der Waals surface area contributed by atoms with Crippen molar-refractivity contribution in [1.82, 2.24) is 4.98 Å². The highest BCUT2D eigenvalue weighted by molar-refractivity contribution is 5.47. The van der Waals surface area contributed by atoms with Crippen LogP contribution in [0.5, 0.6) is 5.75 Å². The number of anilines is 1. The van der Waals surface area contributed by atoms with E-state index in [-0.39, 0.29) is 5.69 Å². The van der Waals surface area contributed by atoms with Crippen molar-refractivity contribution in [3.05, 3.63) is 57.8 Å². The van der Waals surface area contributed by atoms with E-state index >= 15 is 0 Å². The Morgan fingerprint density at radius 2 is 2.20 bits per heavy atom. The fourth-order valence-corrected chi connectivity index (χ4v) is 1.81. The summed E-state index contributed by atoms with van der Waals surface area (Å²) in [4.78, 5) is 14.3. The Morgan fingerprint density at radius 3 is 2.85 bits per heavy atom. The highest BCUT2D eigenvalue weighted by atomic mass is 16.6. The van der Waals surface area contributed by atoms with Gasteiger partial charge in [-0.2, -0.15) is 0 Å². The van der Waals surface area contributed by atoms with E-state index in [1.54, 1.807) is 20.1 Å². The molecule has 0 radical (unpaired) electrons. The summed E-state index contributed by atoms with van der Waals surface area (Å²) in [5, 5.41) is 13.8. The van der Waals surface area contributed by atoms with E-state index in [2.05, 4.69) is 10.3 Å². The van der Waals surface area contributed by atoms with Crippen molar-refractivity contribution >= 4 is 11.5 Å². The van der Waals surface area contributed by atoms with E-state index in [0.29, 0.717) is 17.9 Å². The van der Waals surface area contributed by atoms with Gasteiger partial charge in [0.15, 0.2) is 0 Å². The quantitative estimate of drug-likeness (QED) is 0.669. The Hall–Kier alpha value is -2.63. The van der Waals surface area contributed by atoms with Gasteiger partial charge in [-0.25, -0.2) is 4.98 Å². The molecule has 104 valence electrons. The van der Waals surface area contributed by atoms with Crippen LogP contribution in [-0.4, -0.2) is 17.0 Å². The van der Waals surface area contributed by atoms with Crippen molar-refractivity contribution in [2.45, 2.75) is 13.5 Å². The summed E-state index contributed by atoms with van der Waals surface area (Å²) in [5.41, 5.74) is 1.65. The van der Waals surface area contributed by atoms with Gasteiger partial charge in [0.2, 0.25) is 0 Å². The number of hydrogen-bond donors (Lipinski definition) is 1. The number of aryl methyl sites for hydroxylation is 1. The number of nitro groups is 1. The van der Waals surface area contributed by atoms with Crippen LogP contribution in [0.3, 0.4) is 0 Å². The molecule has 2 rings (SSSR count). The molecular weight excluding hydrogens is 258 g/mol. The summed E-state index contributed by atoms with van der Waals surface area (Å²) >= 11 is 0. The SMILES string of the molecule is COc1cccc(CNc2cc(C)c([N+](=O)[O-])cn2)c1. The Bertz CT molecular complexity index is 629. The first-order chi connectivity index (χ1) is 9.60. The van der Waals surface area contributed by atoms with Gasteiger partial charge in [-0.1, -0.05) is 12.1 Å². The predicted molar refractivity (Wildman–Crippen MR) is 75.9 cm³/mol. The van der Waals surface area contributed by atoms with Crippen molar-refractivity contribution < 1.29 is 9.66 Å². The average Bonchev–Trinajstić information content (AvgIpc) is 2.45. The van der Waals surface area contributed by atoms with E-state index in [1.807, 2.05) is 24.3 Å². The molecule has 1 aromatic heterocycles. The zero-order chi connectivity index (χ0) is 14.5. The molecule has 0 unspecified atom stereocenters. The zero-order valence-corrected chi connectivity index (χ0v) is 11.3. The third-order valence-electron chi connectivity index (χ3n) is 2.89. The lowest BCUT2D eigenvalue weighted by Gasteiger charge is -2.08. The van der Waals surface area contributed by atoms with Crippen molar-refractivity contribution in [1.29, 1.82) is 0 Å². The molecule has 1 N–H and O–H groups in total. The standard InChI is InChI=1S/C14H15N3O3/c1-10-6-14(16-9-13(10)17(18)19)15-8-11-4-3-5-12(7-11)20-2/h3-7,9H,8H2,1-2H3,(H,15,16). The highest BCUT2D eigenvalue weighted by Gasteiger charge is 2.11. The van der Waals surface area contributed by atoms with Gasteiger partial charge < -0.3 is 10.1 Å². The van der Waals surface area contributed by atoms with E-state index in [4.69, 9.17) is 4.74 Å². The first-order valence-electron chi connectivity index (χ1n) is 6.08. The molecule has 0 aliphatic carbocycles. The minimum absolute atomic E-state index is 0.0249. The first kappa shape index (κ1) is 13.8. The highest BCUT2D eigenvalue weighted by Crippen LogP contribution is 2.19. The molecule has 0 atom stereocenters. The summed E-state index contributed by atoms with van der Waals surface area (Å²) in [5.74, 6) is 1.40. The minimum atomic E-state index is -0.436. The molecule has 6 heteroatoms. The Kier molecular flexibility index (Phi) is 4.14. The van der Waals surface area contributed by atoms with Gasteiger partial charge in [-0.05, 0) is 30.7 Å². The third kappa shape index (κ3) is 3.23. The summed E-state index contributed by atoms with van der Waals surface area (Å²) in [6.45, 7) is 2.26. The largest absolute Gasteiger partial charge is 0.497 e. The summed E-state index contributed by atoms with van der Waals surface area (Å²) in [7, 11) is 1.62. The number of ether oxygens (including phenoxy) is 1. The number of nitrogens with zero attached hydrogens (tertiary/aromatic N) is 2. The predicted octanol–water partition coefficient (Wildman–Crippen LogP) is 2.92. The van der Waals surface area contributed by atoms with Crippen LogP contribution >= 0.6 is 0 Å². The number of methoxy groups -OCH3 is 1. The Balaban J connectivity index is 2.07. The van der Waals surface area contributed by atoms with E-state index in [9.17, 15) is 10.1 Å². The van der Waals surface area contributed by atoms with Gasteiger partial charge in [0.05, 0.1) is 12.0 Å². The van der Waals surface area contributed by atoms with Crippen molar-refractivity contribution in [2.24, 2.45) is 0 Å². The average molecular weight is 273 g/mol. The zero-order valence-electron chi connectivity index (χ0n) is 11.3. The molecule has 1 heterocycles. The second kappa shape index (κ2) is 6.01. The fourth-order valence-electron chi connectivity index (χ4n) is 1.81. The van der Waals surface area contributed by atoms with Crippen LogP contribution < -0.4 is 10.1 Å². The number of benzene rings is 1. The van der Waals surface area contributed by atoms with Gasteiger partial charge >= 0.3 is 0 Å². The molecule has 6 nitrogen and oxygen atoms in total. The van der Waals surface area contributed by atoms with E-state index in [1.165, 1.54) is 6.20 Å². The molecule has 0 saturated carbocycles. The fraction of sp³-hybridized carbons (Fsp3) is 0.214. The molecule has 1 aromatic carbocycles. The van der Waals surface area contributed by atoms with E-state index < -0.39 is 4.92 Å². The second-order valence-electron chi connectivity index (χ2n) is 4.32. The number of aromatic nitrogens is 1. The normalized spacial score (nSPS) is 10.1. The molecular formula is C14H15N3O3. The molecule has 2 aromatic rings. The van der Waals surface area contributed by atoms with Gasteiger partial charge in [0.25, 0.3) is 5.69 Å². The number of rotatable bonds is 5. The maximum atomic E-state index is 10.7. The van der Waals surface area contributed by atoms with Gasteiger partial charge in [0.1, 0.15) is 17.8 Å². The molecule has 0 bridgehead atoms. The molecule has 0 aliphatic heterocycles. The Morgan fingerprint density at radius 1 is 1.40 bits per heavy atom. The number of nitrogens with one attached hydrogen (secondary N) is 1. The van der Waals surface area contributed by atoms with Gasteiger partial charge in [0, 0.05) is 12.1 Å². The summed E-state index contributed by atoms with van der Waals surface area (Å²) in [6.07, 6.45) is 1.27. The topological polar surface area (TPSA) is 77.3 Å². The van der Waals surface area contributed by atoms with Crippen LogP contribution in [0.15, 0.2) is 36.5 Å². The second-order valence-corrected chi connectivity index (χ2v) is 4.32. The maximum Gasteiger partial charge on any atom is 0.290 e. The van der Waals surface area contributed by atoms with Crippen molar-refractivity contribution in [3.8, 4) is 5.75 Å². The van der Waals surface area contributed by atoms with Crippen molar-refractivity contribution in [3.63, 3.8) is 0 Å². The smallest absolute Gasteiger partial charge is 0.290 e. The molecule has 0 spiro atoms. The summed E-state index contributed by atoms with van der Waals surface area (Å²) in [6, 6.07) is 9.33. The maximum absolute atomic E-state index is 10.7. The molecule has 20 heavy (non-hydrogen) atoms. The number of pyridine rings is 1. The van der Waals surface area contributed by atoms with E-state index in [0.717, 1.165) is 11.3 Å². The lowest BCUT2D eigenvalue weighted by Crippen LogP contribution is -2.03. The van der Waals surface area contributed by atoms with Gasteiger partial charge in [-0.3, -0.25) is 10.1 Å². The monoisotopic (exact) mass is 273 g/mol. The van der Waals surface area contributed by atoms with Crippen LogP contribution in [0.25, 0.3) is 0 Å². The molecule has 0 amide bonds. The lowest BCUT2D eigenvalue weighted by molar-refractivity contribution is -0.385. The molecule has 0 saturated heterocycles. The lowest BCUT2D eigenvalue weighted by atomic mass is 10.2. The van der Waals surface area contributed by atoms with Crippen LogP contribution in [0.4, 0.5) is 11.5 Å². The molecule has 0 aliphatic rings. The number of hydrogen-bond acceptors (Lipinski definition) is 5. The van der Waals surface area contributed by atoms with Crippen LogP contribution in [0.2, 0.25) is 0 Å². The first-order valence-corrected chi connectivity index (χ1v) is 6.08. The molecule has 0 fully saturated rings. The van der Waals surface area contributed by atoms with Crippen molar-refractivity contribution in [2.75, 3.05) is 12.4 Å². The minimum Gasteiger partial charge on any atom is -0.497 e. The van der Waals surface area contributed by atoms with Gasteiger partial charge in [-0.15, -0.1) is 0 Å².